The normalized spacial score (nSPS) is 14.6. The average Bonchev–Trinajstić information content (AvgIpc) is 3.48. The van der Waals surface area contributed by atoms with Crippen LogP contribution in [0.25, 0.3) is 21.7 Å². The van der Waals surface area contributed by atoms with E-state index >= 15 is 0 Å². The van der Waals surface area contributed by atoms with E-state index in [-0.39, 0.29) is 11.3 Å². The van der Waals surface area contributed by atoms with Crippen LogP contribution in [-0.4, -0.2) is 29.0 Å². The van der Waals surface area contributed by atoms with E-state index in [1.54, 1.807) is 11.3 Å². The fourth-order valence-corrected chi connectivity index (χ4v) is 7.18. The van der Waals surface area contributed by atoms with Crippen LogP contribution in [0.2, 0.25) is 0 Å². The Morgan fingerprint density at radius 1 is 1.02 bits per heavy atom. The number of aromatic nitrogens is 2. The van der Waals surface area contributed by atoms with Crippen LogP contribution >= 0.6 is 23.3 Å². The van der Waals surface area contributed by atoms with E-state index in [2.05, 4.69) is 79.8 Å². The fourth-order valence-electron chi connectivity index (χ4n) is 5.54. The number of primary amides is 1. The number of amides is 1. The molecule has 0 saturated carbocycles. The third kappa shape index (κ3) is 9.84. The number of fused-ring (bicyclic) bond motifs is 6. The molecule has 7 nitrogen and oxygen atoms in total. The van der Waals surface area contributed by atoms with Gasteiger partial charge in [0.15, 0.2) is 5.13 Å². The Hall–Kier alpha value is -3.82. The third-order valence-corrected chi connectivity index (χ3v) is 9.99. The number of carbonyl (C=O) groups excluding carboxylic acids is 1. The van der Waals surface area contributed by atoms with Crippen LogP contribution in [0.1, 0.15) is 78.2 Å². The van der Waals surface area contributed by atoms with E-state index in [0.717, 1.165) is 89.3 Å². The number of hydrogen-bond donors (Lipinski definition) is 2. The van der Waals surface area contributed by atoms with Crippen LogP contribution in [0, 0.1) is 5.41 Å². The Labute approximate surface area is 288 Å². The molecule has 1 amide bonds. The number of rotatable bonds is 8. The molecule has 3 heterocycles. The van der Waals surface area contributed by atoms with Crippen molar-refractivity contribution in [1.82, 2.24) is 9.97 Å². The van der Waals surface area contributed by atoms with Gasteiger partial charge >= 0.3 is 0 Å². The summed E-state index contributed by atoms with van der Waals surface area (Å²) in [6, 6.07) is 23.0. The second-order valence-corrected chi connectivity index (χ2v) is 15.0. The molecule has 1 aliphatic rings. The van der Waals surface area contributed by atoms with Gasteiger partial charge in [-0.3, -0.25) is 4.79 Å². The molecule has 0 atom stereocenters. The summed E-state index contributed by atoms with van der Waals surface area (Å²) in [7, 11) is 0. The van der Waals surface area contributed by atoms with Gasteiger partial charge in [-0.25, -0.2) is 9.97 Å². The molecule has 9 heteroatoms. The van der Waals surface area contributed by atoms with Crippen molar-refractivity contribution in [3.8, 4) is 27.4 Å². The van der Waals surface area contributed by atoms with Gasteiger partial charge in [0.2, 0.25) is 5.91 Å². The molecule has 0 saturated heterocycles. The minimum Gasteiger partial charge on any atom is -0.494 e. The van der Waals surface area contributed by atoms with Crippen LogP contribution in [0.5, 0.6) is 5.75 Å². The number of benzene rings is 2. The third-order valence-electron chi connectivity index (χ3n) is 8.11. The number of anilines is 2. The second kappa shape index (κ2) is 16.3. The summed E-state index contributed by atoms with van der Waals surface area (Å²) in [6.45, 7) is 10.2. The van der Waals surface area contributed by atoms with Crippen LogP contribution in [-0.2, 0) is 11.2 Å². The maximum Gasteiger partial charge on any atom is 0.246 e. The molecule has 4 bridgehead atoms. The van der Waals surface area contributed by atoms with Gasteiger partial charge in [-0.1, -0.05) is 101 Å². The van der Waals surface area contributed by atoms with Gasteiger partial charge < -0.3 is 20.1 Å². The van der Waals surface area contributed by atoms with Crippen LogP contribution < -0.4 is 20.1 Å². The quantitative estimate of drug-likeness (QED) is 0.142. The van der Waals surface area contributed by atoms with Crippen molar-refractivity contribution in [2.75, 3.05) is 22.8 Å². The molecule has 0 aliphatic carbocycles. The Balaban J connectivity index is 1.49. The van der Waals surface area contributed by atoms with E-state index in [1.165, 1.54) is 23.1 Å². The molecule has 2 aromatic heterocycles. The van der Waals surface area contributed by atoms with Crippen molar-refractivity contribution < 1.29 is 9.53 Å². The van der Waals surface area contributed by atoms with Crippen molar-refractivity contribution in [3.63, 3.8) is 0 Å². The number of nitrogens with zero attached hydrogens (tertiary/aromatic N) is 3. The standard InChI is InChI=1S/C38H47N5O2S2/c1-5-14-29(36(39)44)26-43-23-11-7-6-8-15-27-16-9-10-19-31(27)34-35(28-17-12-18-30(25-28)45-24-22-38(2,3)4)46-37(41-34)42-47-33-21-13-20-32(43)40-33/h9-10,12-13,16-21,25-26H,5-8,11,14-15,22-24H2,1-4H3,(H2,39,44)(H,41,42)/b29-26+. The zero-order chi connectivity index (χ0) is 33.2. The minimum absolute atomic E-state index is 0.216. The van der Waals surface area contributed by atoms with Crippen molar-refractivity contribution in [1.29, 1.82) is 0 Å². The Morgan fingerprint density at radius 3 is 2.64 bits per heavy atom. The van der Waals surface area contributed by atoms with Gasteiger partial charge in [-0.2, -0.15) is 0 Å². The molecule has 0 unspecified atom stereocenters. The predicted molar refractivity (Wildman–Crippen MR) is 198 cm³/mol. The average molecular weight is 670 g/mol. The number of nitrogens with one attached hydrogen (secondary N) is 1. The molecular formula is C38H47N5O2S2. The van der Waals surface area contributed by atoms with Crippen LogP contribution in [0.3, 0.4) is 0 Å². The molecule has 2 aromatic carbocycles. The van der Waals surface area contributed by atoms with Crippen molar-refractivity contribution in [2.45, 2.75) is 84.1 Å². The molecule has 248 valence electrons. The molecule has 4 aromatic rings. The molecule has 3 N–H and O–H groups in total. The molecule has 0 radical (unpaired) electrons. The smallest absolute Gasteiger partial charge is 0.246 e. The van der Waals surface area contributed by atoms with Gasteiger partial charge in [0, 0.05) is 35.8 Å². The summed E-state index contributed by atoms with van der Waals surface area (Å²) in [5, 5.41) is 1.62. The van der Waals surface area contributed by atoms with E-state index in [1.807, 2.05) is 30.5 Å². The first-order chi connectivity index (χ1) is 22.7. The number of ether oxygens (including phenoxy) is 1. The van der Waals surface area contributed by atoms with Gasteiger partial charge in [0.05, 0.1) is 17.2 Å². The Kier molecular flexibility index (Phi) is 12.0. The minimum atomic E-state index is -0.376. The molecular weight excluding hydrogens is 623 g/mol. The van der Waals surface area contributed by atoms with Gasteiger partial charge in [-0.15, -0.1) is 0 Å². The van der Waals surface area contributed by atoms with Gasteiger partial charge in [-0.05, 0) is 72.9 Å². The Morgan fingerprint density at radius 2 is 1.83 bits per heavy atom. The molecule has 5 rings (SSSR count). The predicted octanol–water partition coefficient (Wildman–Crippen LogP) is 9.90. The van der Waals surface area contributed by atoms with Crippen molar-refractivity contribution in [2.24, 2.45) is 11.1 Å². The summed E-state index contributed by atoms with van der Waals surface area (Å²) < 4.78 is 9.69. The maximum absolute atomic E-state index is 12.2. The highest BCUT2D eigenvalue weighted by atomic mass is 32.2. The SMILES string of the molecule is CCC/C(=C\N1CCCCCCc2ccccc2-c2nc(sc2-c2cccc(OCCC(C)(C)C)c2)NSc2cccc1n2)C(N)=O. The number of nitrogens with two attached hydrogens (primary N) is 1. The number of carbonyl (C=O) groups is 1. The lowest BCUT2D eigenvalue weighted by Crippen LogP contribution is -2.23. The topological polar surface area (TPSA) is 93.4 Å². The molecule has 0 fully saturated rings. The number of thiazole rings is 1. The summed E-state index contributed by atoms with van der Waals surface area (Å²) in [5.41, 5.74) is 11.1. The van der Waals surface area contributed by atoms with E-state index in [4.69, 9.17) is 20.4 Å². The zero-order valence-corrected chi connectivity index (χ0v) is 29.7. The summed E-state index contributed by atoms with van der Waals surface area (Å²) in [6.07, 6.45) is 9.62. The van der Waals surface area contributed by atoms with Crippen molar-refractivity contribution >= 4 is 40.1 Å². The lowest BCUT2D eigenvalue weighted by Gasteiger charge is -2.21. The highest BCUT2D eigenvalue weighted by Crippen LogP contribution is 2.42. The second-order valence-electron chi connectivity index (χ2n) is 13.2. The number of hydrogen-bond acceptors (Lipinski definition) is 8. The van der Waals surface area contributed by atoms with E-state index < -0.39 is 0 Å². The van der Waals surface area contributed by atoms with E-state index in [9.17, 15) is 4.79 Å². The van der Waals surface area contributed by atoms with Crippen LogP contribution in [0.15, 0.2) is 83.5 Å². The number of aryl methyl sites for hydroxylation is 1. The molecule has 47 heavy (non-hydrogen) atoms. The largest absolute Gasteiger partial charge is 0.494 e. The molecule has 0 spiro atoms. The van der Waals surface area contributed by atoms with E-state index in [0.29, 0.717) is 18.6 Å². The maximum atomic E-state index is 12.2. The van der Waals surface area contributed by atoms with Crippen molar-refractivity contribution in [3.05, 3.63) is 84.1 Å². The lowest BCUT2D eigenvalue weighted by molar-refractivity contribution is -0.114. The first-order valence-corrected chi connectivity index (χ1v) is 18.3. The highest BCUT2D eigenvalue weighted by Gasteiger charge is 2.19. The summed E-state index contributed by atoms with van der Waals surface area (Å²) in [4.78, 5) is 25.6. The monoisotopic (exact) mass is 669 g/mol. The lowest BCUT2D eigenvalue weighted by atomic mass is 9.93. The Bertz CT molecular complexity index is 1680. The summed E-state index contributed by atoms with van der Waals surface area (Å²) >= 11 is 3.08. The zero-order valence-electron chi connectivity index (χ0n) is 28.1. The number of pyridine rings is 1. The van der Waals surface area contributed by atoms with Crippen LogP contribution in [0.4, 0.5) is 10.9 Å². The first-order valence-electron chi connectivity index (χ1n) is 16.7. The highest BCUT2D eigenvalue weighted by molar-refractivity contribution is 8.00. The summed E-state index contributed by atoms with van der Waals surface area (Å²) in [5.74, 6) is 1.29. The fraction of sp³-hybridized carbons (Fsp3) is 0.395. The first kappa shape index (κ1) is 34.5. The van der Waals surface area contributed by atoms with Gasteiger partial charge in [0.1, 0.15) is 16.6 Å². The molecule has 1 aliphatic heterocycles. The van der Waals surface area contributed by atoms with Gasteiger partial charge in [0.25, 0.3) is 0 Å².